The van der Waals surface area contributed by atoms with Crippen molar-refractivity contribution >= 4 is 29.5 Å². The number of carbonyl (C=O) groups excluding carboxylic acids is 2. The minimum absolute atomic E-state index is 0.000814. The van der Waals surface area contributed by atoms with Gasteiger partial charge in [-0.2, -0.15) is 0 Å². The number of carbonyl (C=O) groups is 2. The third-order valence-corrected chi connectivity index (χ3v) is 11.9. The zero-order chi connectivity index (χ0) is 42.5. The molecule has 7 atom stereocenters. The Kier molecular flexibility index (Phi) is 16.7. The maximum Gasteiger partial charge on any atom is 0.412 e. The normalized spacial score (nSPS) is 26.1. The van der Waals surface area contributed by atoms with Crippen LogP contribution in [-0.4, -0.2) is 96.6 Å². The number of rotatable bonds is 20. The minimum Gasteiger partial charge on any atom is -0.459 e. The summed E-state index contributed by atoms with van der Waals surface area (Å²) < 4.78 is 45.9. The van der Waals surface area contributed by atoms with Gasteiger partial charge in [0.05, 0.1) is 30.7 Å². The average Bonchev–Trinajstić information content (AvgIpc) is 3.25. The van der Waals surface area contributed by atoms with E-state index in [1.165, 1.54) is 12.1 Å². The summed E-state index contributed by atoms with van der Waals surface area (Å²) in [6.45, 7) is 6.82. The predicted octanol–water partition coefficient (Wildman–Crippen LogP) is 7.97. The number of aliphatic hydroxyl groups is 2. The van der Waals surface area contributed by atoms with Gasteiger partial charge in [-0.3, -0.25) is 4.90 Å². The number of hydrogen-bond donors (Lipinski definition) is 3. The summed E-state index contributed by atoms with van der Waals surface area (Å²) in [6, 6.07) is 10.3. The smallest absolute Gasteiger partial charge is 0.412 e. The molecule has 328 valence electrons. The van der Waals surface area contributed by atoms with Crippen LogP contribution in [0.3, 0.4) is 0 Å². The molecule has 15 heteroatoms. The van der Waals surface area contributed by atoms with Crippen LogP contribution in [0.2, 0.25) is 0 Å². The molecule has 6 rings (SSSR count). The van der Waals surface area contributed by atoms with Crippen molar-refractivity contribution < 1.29 is 52.7 Å². The van der Waals surface area contributed by atoms with Crippen LogP contribution in [0.15, 0.2) is 71.9 Å². The molecular weight excluding hydrogens is 797 g/mol. The first-order valence-corrected chi connectivity index (χ1v) is 21.9. The van der Waals surface area contributed by atoms with Crippen molar-refractivity contribution in [2.45, 2.75) is 102 Å². The third kappa shape index (κ3) is 10.6. The molecule has 3 N–H and O–H groups in total. The van der Waals surface area contributed by atoms with E-state index in [1.54, 1.807) is 35.2 Å². The lowest BCUT2D eigenvalue weighted by Gasteiger charge is -2.59. The molecule has 4 aliphatic rings. The number of unbranched alkanes of at least 4 members (excludes halogenated alkanes) is 2. The van der Waals surface area contributed by atoms with E-state index in [-0.39, 0.29) is 63.0 Å². The van der Waals surface area contributed by atoms with Gasteiger partial charge in [0.25, 0.3) is 0 Å². The number of benzene rings is 2. The van der Waals surface area contributed by atoms with E-state index < -0.39 is 42.0 Å². The van der Waals surface area contributed by atoms with E-state index in [4.69, 9.17) is 45.3 Å². The molecule has 0 radical (unpaired) electrons. The number of aliphatic hydroxyl groups excluding tert-OH is 2. The van der Waals surface area contributed by atoms with E-state index >= 15 is 0 Å². The Bertz CT molecular complexity index is 1810. The Hall–Kier alpha value is -4.21. The molecular formula is C45H59ClFN3O10. The van der Waals surface area contributed by atoms with E-state index in [1.807, 2.05) is 13.0 Å². The van der Waals surface area contributed by atoms with Gasteiger partial charge >= 0.3 is 12.2 Å². The van der Waals surface area contributed by atoms with Crippen LogP contribution < -0.4 is 14.8 Å². The summed E-state index contributed by atoms with van der Waals surface area (Å²) in [7, 11) is 0. The van der Waals surface area contributed by atoms with Crippen molar-refractivity contribution in [1.82, 2.24) is 10.2 Å². The molecule has 1 saturated heterocycles. The molecule has 2 aliphatic heterocycles. The standard InChI is InChI=1S/C45H59ClFN3O10/c1-3-23-57-45-39(50(44(54)56-25-20-46)29-30-14-16-32(47)17-15-30)28-37(49-60-40-13-7-10-24-55-40)35-26-31(11-5-8-21-51)34(12-6-9-22-52)41(42(35)45)36-27-33(18-19-38(36)59-45)58-43(53)48-4-2/h3,14-19,26-27,31,34,39-42,51-52H,1,4-13,20-25,28-29H2,2H3,(H,48,53)/t31-,34+,39-,40?,41+,42+,45+/m0/s1. The zero-order valence-electron chi connectivity index (χ0n) is 34.4. The number of alkyl halides is 1. The van der Waals surface area contributed by atoms with Gasteiger partial charge in [-0.05, 0) is 98.8 Å². The summed E-state index contributed by atoms with van der Waals surface area (Å²) >= 11 is 6.05. The number of amides is 2. The van der Waals surface area contributed by atoms with Gasteiger partial charge in [-0.25, -0.2) is 14.0 Å². The van der Waals surface area contributed by atoms with E-state index in [2.05, 4.69) is 18.0 Å². The lowest BCUT2D eigenvalue weighted by Crippen LogP contribution is -2.70. The van der Waals surface area contributed by atoms with Crippen LogP contribution in [-0.2, 0) is 25.6 Å². The van der Waals surface area contributed by atoms with Gasteiger partial charge in [-0.15, -0.1) is 18.2 Å². The van der Waals surface area contributed by atoms with Gasteiger partial charge in [0.2, 0.25) is 12.1 Å². The fraction of sp³-hybridized carbons (Fsp3) is 0.578. The van der Waals surface area contributed by atoms with Crippen LogP contribution in [0.25, 0.3) is 0 Å². The third-order valence-electron chi connectivity index (χ3n) is 11.8. The predicted molar refractivity (Wildman–Crippen MR) is 223 cm³/mol. The summed E-state index contributed by atoms with van der Waals surface area (Å²) in [6.07, 6.45) is 8.87. The van der Waals surface area contributed by atoms with Crippen molar-refractivity contribution in [3.8, 4) is 11.5 Å². The SMILES string of the molecule is C=CCO[C@@]12Oc3ccc(OC(=O)NCC)cc3[C@H]3[C@H](CCCCO)[C@@H](CCCCO)C=C(C(=NOC4CCCCO4)C[C@@H]1N(Cc1ccc(F)cc1)C(=O)OCCCl)[C@H]32. The maximum atomic E-state index is 14.4. The van der Waals surface area contributed by atoms with Crippen molar-refractivity contribution in [3.63, 3.8) is 0 Å². The van der Waals surface area contributed by atoms with Gasteiger partial charge in [0, 0.05) is 50.6 Å². The van der Waals surface area contributed by atoms with Crippen molar-refractivity contribution in [3.05, 3.63) is 83.7 Å². The van der Waals surface area contributed by atoms with Crippen LogP contribution in [0, 0.1) is 23.6 Å². The molecule has 60 heavy (non-hydrogen) atoms. The highest BCUT2D eigenvalue weighted by Crippen LogP contribution is 2.62. The van der Waals surface area contributed by atoms with E-state index in [0.29, 0.717) is 61.6 Å². The molecule has 0 aromatic heterocycles. The first-order chi connectivity index (χ1) is 29.3. The highest BCUT2D eigenvalue weighted by molar-refractivity contribution is 6.18. The van der Waals surface area contributed by atoms with Crippen molar-refractivity contribution in [2.75, 3.05) is 45.5 Å². The summed E-state index contributed by atoms with van der Waals surface area (Å²) in [5.41, 5.74) is 2.84. The summed E-state index contributed by atoms with van der Waals surface area (Å²) in [5.74, 6) is -2.18. The monoisotopic (exact) mass is 855 g/mol. The first-order valence-electron chi connectivity index (χ1n) is 21.3. The summed E-state index contributed by atoms with van der Waals surface area (Å²) in [5, 5.41) is 27.3. The number of nitrogens with zero attached hydrogens (tertiary/aromatic N) is 2. The highest BCUT2D eigenvalue weighted by atomic mass is 35.5. The van der Waals surface area contributed by atoms with Crippen molar-refractivity contribution in [1.29, 1.82) is 0 Å². The molecule has 2 fully saturated rings. The fourth-order valence-electron chi connectivity index (χ4n) is 9.21. The van der Waals surface area contributed by atoms with Gasteiger partial charge in [-0.1, -0.05) is 42.3 Å². The average molecular weight is 856 g/mol. The fourth-order valence-corrected chi connectivity index (χ4v) is 9.29. The van der Waals surface area contributed by atoms with Gasteiger partial charge in [0.1, 0.15) is 30.0 Å². The largest absolute Gasteiger partial charge is 0.459 e. The topological polar surface area (TPSA) is 158 Å². The first kappa shape index (κ1) is 45.3. The van der Waals surface area contributed by atoms with E-state index in [0.717, 1.165) is 43.2 Å². The number of allylic oxidation sites excluding steroid dienone is 1. The lowest BCUT2D eigenvalue weighted by molar-refractivity contribution is -0.256. The molecule has 2 heterocycles. The second-order valence-corrected chi connectivity index (χ2v) is 16.0. The van der Waals surface area contributed by atoms with Gasteiger partial charge in [0.15, 0.2) is 0 Å². The van der Waals surface area contributed by atoms with Crippen LogP contribution >= 0.6 is 11.6 Å². The Morgan fingerprint density at radius 1 is 1.10 bits per heavy atom. The zero-order valence-corrected chi connectivity index (χ0v) is 35.2. The number of nitrogens with one attached hydrogen (secondary N) is 1. The van der Waals surface area contributed by atoms with Crippen LogP contribution in [0.4, 0.5) is 14.0 Å². The van der Waals surface area contributed by atoms with Crippen LogP contribution in [0.1, 0.15) is 88.2 Å². The quantitative estimate of drug-likeness (QED) is 0.0517. The Morgan fingerprint density at radius 3 is 2.58 bits per heavy atom. The van der Waals surface area contributed by atoms with Gasteiger partial charge < -0.3 is 44.1 Å². The molecule has 1 saturated carbocycles. The number of hydrogen-bond acceptors (Lipinski definition) is 11. The molecule has 1 unspecified atom stereocenters. The number of ether oxygens (including phenoxy) is 5. The molecule has 0 bridgehead atoms. The van der Waals surface area contributed by atoms with E-state index in [9.17, 15) is 24.2 Å². The molecule has 2 aromatic rings. The molecule has 13 nitrogen and oxygen atoms in total. The number of oxime groups is 1. The number of fused-ring (bicyclic) bond motifs is 2. The molecule has 2 aliphatic carbocycles. The minimum atomic E-state index is -1.58. The molecule has 0 spiro atoms. The molecule has 2 aromatic carbocycles. The Labute approximate surface area is 356 Å². The van der Waals surface area contributed by atoms with Crippen molar-refractivity contribution in [2.24, 2.45) is 22.9 Å². The maximum absolute atomic E-state index is 14.4. The second-order valence-electron chi connectivity index (χ2n) is 15.7. The Morgan fingerprint density at radius 2 is 1.88 bits per heavy atom. The molecule has 2 amide bonds. The van der Waals surface area contributed by atoms with Crippen LogP contribution in [0.5, 0.6) is 11.5 Å². The Balaban J connectivity index is 1.60. The second kappa shape index (κ2) is 22.1. The highest BCUT2D eigenvalue weighted by Gasteiger charge is 2.65. The lowest BCUT2D eigenvalue weighted by atomic mass is 9.55. The number of halogens is 2. The summed E-state index contributed by atoms with van der Waals surface area (Å²) in [4.78, 5) is 34.9.